The molecule has 0 aliphatic carbocycles. The summed E-state index contributed by atoms with van der Waals surface area (Å²) in [6, 6.07) is 8.88. The maximum atomic E-state index is 14.4. The number of amides is 7. The Balaban J connectivity index is 1.95. The van der Waals surface area contributed by atoms with Crippen LogP contribution >= 0.6 is 12.6 Å². The normalized spacial score (nSPS) is 14.2. The summed E-state index contributed by atoms with van der Waals surface area (Å²) >= 11 is 4.16. The van der Waals surface area contributed by atoms with Crippen molar-refractivity contribution in [1.82, 2.24) is 36.9 Å². The molecule has 0 aliphatic rings. The second kappa shape index (κ2) is 23.6. The quantitative estimate of drug-likeness (QED) is 0.0528. The Bertz CT molecular complexity index is 1970. The number of rotatable bonds is 24. The fourth-order valence-electron chi connectivity index (χ4n) is 6.27. The Hall–Kier alpha value is -5.95. The first kappa shape index (κ1) is 48.4. The number of carboxylic acid groups (broad SMARTS) is 1. The van der Waals surface area contributed by atoms with Gasteiger partial charge in [-0.2, -0.15) is 12.6 Å². The number of carbonyl (C=O) groups is 8. The van der Waals surface area contributed by atoms with Crippen molar-refractivity contribution in [2.24, 2.45) is 23.3 Å². The lowest BCUT2D eigenvalue weighted by atomic mass is 9.99. The smallest absolute Gasteiger partial charge is 0.303 e. The van der Waals surface area contributed by atoms with Crippen molar-refractivity contribution in [1.29, 1.82) is 0 Å². The van der Waals surface area contributed by atoms with Crippen molar-refractivity contribution in [3.63, 3.8) is 0 Å². The van der Waals surface area contributed by atoms with Crippen LogP contribution < -0.4 is 43.4 Å². The zero-order valence-corrected chi connectivity index (χ0v) is 35.1. The maximum Gasteiger partial charge on any atom is 0.303 e. The van der Waals surface area contributed by atoms with Crippen molar-refractivity contribution >= 4 is 70.9 Å². The van der Waals surface area contributed by atoms with Crippen molar-refractivity contribution in [2.45, 2.75) is 96.1 Å². The predicted octanol–water partition coefficient (Wildman–Crippen LogP) is -0.197. The Morgan fingerprint density at radius 3 is 1.87 bits per heavy atom. The fourth-order valence-corrected chi connectivity index (χ4v) is 6.52. The number of fused-ring (bicyclic) bond motifs is 1. The molecule has 0 aliphatic heterocycles. The van der Waals surface area contributed by atoms with E-state index in [1.54, 1.807) is 50.4 Å². The molecule has 0 bridgehead atoms. The molecular weight excluding hydrogens is 795 g/mol. The van der Waals surface area contributed by atoms with Crippen molar-refractivity contribution in [3.8, 4) is 0 Å². The minimum atomic E-state index is -1.30. The number of primary amides is 1. The van der Waals surface area contributed by atoms with Gasteiger partial charge in [0.2, 0.25) is 41.4 Å². The van der Waals surface area contributed by atoms with E-state index in [0.717, 1.165) is 10.9 Å². The van der Waals surface area contributed by atoms with Gasteiger partial charge in [-0.15, -0.1) is 0 Å². The van der Waals surface area contributed by atoms with Gasteiger partial charge in [-0.05, 0) is 41.9 Å². The van der Waals surface area contributed by atoms with E-state index in [2.05, 4.69) is 49.5 Å². The zero-order chi connectivity index (χ0) is 44.5. The third-order valence-electron chi connectivity index (χ3n) is 9.49. The zero-order valence-electron chi connectivity index (χ0n) is 34.2. The predicted molar refractivity (Wildman–Crippen MR) is 227 cm³/mol. The number of nitrogens with one attached hydrogen (secondary N) is 7. The maximum absolute atomic E-state index is 14.4. The van der Waals surface area contributed by atoms with Crippen LogP contribution in [0.4, 0.5) is 0 Å². The van der Waals surface area contributed by atoms with Gasteiger partial charge in [0.25, 0.3) is 0 Å². The van der Waals surface area contributed by atoms with Gasteiger partial charge >= 0.3 is 5.97 Å². The number of thiol groups is 1. The number of hydrogen-bond acceptors (Lipinski definition) is 10. The number of benzene rings is 2. The van der Waals surface area contributed by atoms with Crippen molar-refractivity contribution in [3.05, 3.63) is 71.9 Å². The molecule has 0 radical (unpaired) electrons. The van der Waals surface area contributed by atoms with Crippen LogP contribution in [0.15, 0.2) is 60.8 Å². The largest absolute Gasteiger partial charge is 0.481 e. The van der Waals surface area contributed by atoms with E-state index in [9.17, 15) is 38.4 Å². The molecule has 326 valence electrons. The number of aromatic nitrogens is 1. The molecule has 12 N–H and O–H groups in total. The lowest BCUT2D eigenvalue weighted by molar-refractivity contribution is -0.137. The topological polar surface area (TPSA) is 297 Å². The molecule has 19 heteroatoms. The molecule has 6 atom stereocenters. The van der Waals surface area contributed by atoms with Crippen LogP contribution in [-0.4, -0.2) is 106 Å². The summed E-state index contributed by atoms with van der Waals surface area (Å²) in [5.74, 6) is -7.00. The Morgan fingerprint density at radius 1 is 0.700 bits per heavy atom. The molecule has 60 heavy (non-hydrogen) atoms. The van der Waals surface area contributed by atoms with Crippen LogP contribution in [0.2, 0.25) is 0 Å². The Labute approximate surface area is 353 Å². The fraction of sp³-hybridized carbons (Fsp3) is 0.463. The molecule has 0 saturated heterocycles. The molecule has 6 unspecified atom stereocenters. The minimum absolute atomic E-state index is 0.0180. The molecule has 2 aromatic carbocycles. The van der Waals surface area contributed by atoms with E-state index in [-0.39, 0.29) is 43.8 Å². The highest BCUT2D eigenvalue weighted by molar-refractivity contribution is 7.80. The summed E-state index contributed by atoms with van der Waals surface area (Å²) in [4.78, 5) is 107. The second-order valence-corrected chi connectivity index (χ2v) is 15.6. The summed E-state index contributed by atoms with van der Waals surface area (Å²) < 4.78 is 0. The molecule has 3 rings (SSSR count). The molecule has 3 aromatic rings. The van der Waals surface area contributed by atoms with Crippen molar-refractivity contribution < 1.29 is 43.5 Å². The van der Waals surface area contributed by atoms with Crippen LogP contribution in [0.25, 0.3) is 10.9 Å². The third-order valence-corrected chi connectivity index (χ3v) is 9.86. The highest BCUT2D eigenvalue weighted by Gasteiger charge is 2.34. The first-order chi connectivity index (χ1) is 28.4. The van der Waals surface area contributed by atoms with Crippen LogP contribution in [0, 0.1) is 11.8 Å². The van der Waals surface area contributed by atoms with Gasteiger partial charge in [-0.25, -0.2) is 0 Å². The number of para-hydroxylation sites is 1. The summed E-state index contributed by atoms with van der Waals surface area (Å²) in [6.45, 7) is 6.57. The molecule has 1 aromatic heterocycles. The van der Waals surface area contributed by atoms with E-state index in [4.69, 9.17) is 16.6 Å². The minimum Gasteiger partial charge on any atom is -0.481 e. The van der Waals surface area contributed by atoms with Gasteiger partial charge in [0.15, 0.2) is 0 Å². The average Bonchev–Trinajstić information content (AvgIpc) is 3.61. The third kappa shape index (κ3) is 15.3. The first-order valence-electron chi connectivity index (χ1n) is 19.6. The van der Waals surface area contributed by atoms with Gasteiger partial charge in [0.1, 0.15) is 30.2 Å². The summed E-state index contributed by atoms with van der Waals surface area (Å²) in [6.07, 6.45) is 1.27. The van der Waals surface area contributed by atoms with Gasteiger partial charge in [-0.3, -0.25) is 38.4 Å². The average molecular weight is 852 g/mol. The van der Waals surface area contributed by atoms with Gasteiger partial charge in [0.05, 0.1) is 12.6 Å². The van der Waals surface area contributed by atoms with E-state index >= 15 is 0 Å². The Kier molecular flexibility index (Phi) is 19.0. The van der Waals surface area contributed by atoms with Crippen LogP contribution in [0.3, 0.4) is 0 Å². The van der Waals surface area contributed by atoms with E-state index < -0.39 is 96.0 Å². The number of carbonyl (C=O) groups excluding carboxylic acids is 7. The first-order valence-corrected chi connectivity index (χ1v) is 20.3. The van der Waals surface area contributed by atoms with Crippen LogP contribution in [-0.2, 0) is 51.2 Å². The monoisotopic (exact) mass is 851 g/mol. The number of nitrogens with two attached hydrogens (primary N) is 2. The highest BCUT2D eigenvalue weighted by atomic mass is 32.1. The molecular formula is C41H57N9O9S. The molecule has 0 fully saturated rings. The second-order valence-electron chi connectivity index (χ2n) is 15.3. The molecule has 0 saturated carbocycles. The number of carboxylic acids is 1. The van der Waals surface area contributed by atoms with Gasteiger partial charge in [-0.1, -0.05) is 76.2 Å². The van der Waals surface area contributed by atoms with Crippen LogP contribution in [0.1, 0.15) is 58.1 Å². The van der Waals surface area contributed by atoms with Crippen LogP contribution in [0.5, 0.6) is 0 Å². The number of aliphatic carboxylic acids is 1. The van der Waals surface area contributed by atoms with E-state index in [1.165, 1.54) is 0 Å². The lowest BCUT2D eigenvalue weighted by Crippen LogP contribution is -2.61. The molecule has 18 nitrogen and oxygen atoms in total. The number of hydrogen-bond donors (Lipinski definition) is 11. The van der Waals surface area contributed by atoms with E-state index in [0.29, 0.717) is 11.1 Å². The summed E-state index contributed by atoms with van der Waals surface area (Å²) in [5.41, 5.74) is 13.2. The van der Waals surface area contributed by atoms with Crippen molar-refractivity contribution in [2.75, 3.05) is 12.3 Å². The van der Waals surface area contributed by atoms with Gasteiger partial charge < -0.3 is 53.5 Å². The molecule has 7 amide bonds. The van der Waals surface area contributed by atoms with Gasteiger partial charge in [0, 0.05) is 42.1 Å². The molecule has 1 heterocycles. The SMILES string of the molecule is CC(C)CC(NC(=O)C(Cc1ccccc1)NC(=O)C(Cc1c[nH]c2ccccc12)NC(=O)C(NC(=O)C(N)CCC(=O)O)C(C)C)C(=O)NC(CS)C(=O)NCC(N)=O. The number of H-pyrrole nitrogens is 1. The highest BCUT2D eigenvalue weighted by Crippen LogP contribution is 2.20. The molecule has 0 spiro atoms. The Morgan fingerprint density at radius 2 is 1.27 bits per heavy atom. The lowest BCUT2D eigenvalue weighted by Gasteiger charge is -2.28. The summed E-state index contributed by atoms with van der Waals surface area (Å²) in [7, 11) is 0. The van der Waals surface area contributed by atoms with E-state index in [1.807, 2.05) is 38.1 Å². The summed E-state index contributed by atoms with van der Waals surface area (Å²) in [5, 5.41) is 25.6. The standard InChI is InChI=1S/C41H57N9O9S/c1-22(2)16-29(38(56)49-32(21-60)37(55)45-20-33(43)51)46-39(57)30(17-24-10-6-5-7-11-24)47-40(58)31(18-25-19-44-28-13-9-8-12-26(25)28)48-41(59)35(23(3)4)50-36(54)27(42)14-15-34(52)53/h5-13,19,22-23,27,29-32,35,44,60H,14-18,20-21,42H2,1-4H3,(H2,43,51)(H,45,55)(H,46,57)(H,47,58)(H,48,59)(H,49,56)(H,50,54)(H,52,53). The number of aromatic amines is 1.